The lowest BCUT2D eigenvalue weighted by Crippen LogP contribution is -2.47. The highest BCUT2D eigenvalue weighted by Gasteiger charge is 2.32. The number of halogens is 1. The van der Waals surface area contributed by atoms with Crippen molar-refractivity contribution < 1.29 is 13.9 Å². The molecule has 4 N–H and O–H groups in total. The lowest BCUT2D eigenvalue weighted by molar-refractivity contribution is 0.100. The van der Waals surface area contributed by atoms with Crippen molar-refractivity contribution in [1.29, 1.82) is 0 Å². The van der Waals surface area contributed by atoms with E-state index in [4.69, 9.17) is 16.2 Å². The van der Waals surface area contributed by atoms with Crippen molar-refractivity contribution in [1.82, 2.24) is 9.97 Å². The lowest BCUT2D eigenvalue weighted by Gasteiger charge is -2.39. The lowest BCUT2D eigenvalue weighted by atomic mass is 9.90. The number of primary amides is 1. The SMILES string of the molecule is COc1cc(C(N)=O)c2ncnc(N(C)C(C)(CN)c3ccc(F)cc3)c2c1. The molecule has 1 amide bonds. The van der Waals surface area contributed by atoms with E-state index in [1.807, 2.05) is 18.9 Å². The fraction of sp³-hybridized carbons (Fsp3) is 0.250. The molecule has 0 radical (unpaired) electrons. The molecule has 3 aromatic rings. The summed E-state index contributed by atoms with van der Waals surface area (Å²) in [6.07, 6.45) is 1.37. The van der Waals surface area contributed by atoms with Crippen molar-refractivity contribution in [2.45, 2.75) is 12.5 Å². The van der Waals surface area contributed by atoms with Crippen LogP contribution in [0.1, 0.15) is 22.8 Å². The molecule has 1 atom stereocenters. The van der Waals surface area contributed by atoms with E-state index in [0.717, 1.165) is 5.56 Å². The zero-order valence-corrected chi connectivity index (χ0v) is 15.9. The molecule has 2 aromatic carbocycles. The predicted octanol–water partition coefficient (Wildman–Crippen LogP) is 2.19. The molecular formula is C20H22FN5O2. The monoisotopic (exact) mass is 383 g/mol. The average molecular weight is 383 g/mol. The van der Waals surface area contributed by atoms with Gasteiger partial charge in [-0.3, -0.25) is 4.79 Å². The zero-order chi connectivity index (χ0) is 20.5. The summed E-state index contributed by atoms with van der Waals surface area (Å²) in [5, 5.41) is 0.597. The highest BCUT2D eigenvalue weighted by Crippen LogP contribution is 2.35. The van der Waals surface area contributed by atoms with Crippen LogP contribution < -0.4 is 21.1 Å². The number of ether oxygens (including phenoxy) is 1. The van der Waals surface area contributed by atoms with Crippen molar-refractivity contribution in [2.75, 3.05) is 25.6 Å². The summed E-state index contributed by atoms with van der Waals surface area (Å²) < 4.78 is 18.7. The van der Waals surface area contributed by atoms with Gasteiger partial charge in [0.15, 0.2) is 0 Å². The van der Waals surface area contributed by atoms with Gasteiger partial charge in [-0.25, -0.2) is 14.4 Å². The second-order valence-electron chi connectivity index (χ2n) is 6.68. The number of aromatic nitrogens is 2. The summed E-state index contributed by atoms with van der Waals surface area (Å²) in [5.41, 5.74) is 12.4. The van der Waals surface area contributed by atoms with Crippen LogP contribution in [0.3, 0.4) is 0 Å². The molecule has 1 unspecified atom stereocenters. The average Bonchev–Trinajstić information content (AvgIpc) is 2.71. The fourth-order valence-electron chi connectivity index (χ4n) is 3.19. The maximum Gasteiger partial charge on any atom is 0.251 e. The first kappa shape index (κ1) is 19.5. The molecule has 7 nitrogen and oxygen atoms in total. The largest absolute Gasteiger partial charge is 0.497 e. The van der Waals surface area contributed by atoms with Gasteiger partial charge in [-0.1, -0.05) is 12.1 Å². The van der Waals surface area contributed by atoms with Crippen molar-refractivity contribution in [3.05, 3.63) is 59.7 Å². The summed E-state index contributed by atoms with van der Waals surface area (Å²) in [6.45, 7) is 2.18. The number of anilines is 1. The molecule has 0 saturated heterocycles. The number of hydrogen-bond acceptors (Lipinski definition) is 6. The summed E-state index contributed by atoms with van der Waals surface area (Å²) in [4.78, 5) is 22.4. The molecule has 0 aliphatic rings. The van der Waals surface area contributed by atoms with Crippen LogP contribution in [-0.4, -0.2) is 36.6 Å². The molecule has 0 aliphatic carbocycles. The number of rotatable bonds is 6. The third-order valence-electron chi connectivity index (χ3n) is 5.11. The number of nitrogens with zero attached hydrogens (tertiary/aromatic N) is 3. The summed E-state index contributed by atoms with van der Waals surface area (Å²) in [5.74, 6) is 0.0658. The van der Waals surface area contributed by atoms with Crippen molar-refractivity contribution in [2.24, 2.45) is 11.5 Å². The predicted molar refractivity (Wildman–Crippen MR) is 106 cm³/mol. The van der Waals surface area contributed by atoms with Gasteiger partial charge in [0.25, 0.3) is 5.91 Å². The molecule has 0 bridgehead atoms. The van der Waals surface area contributed by atoms with Crippen LogP contribution in [0, 0.1) is 5.82 Å². The van der Waals surface area contributed by atoms with E-state index in [0.29, 0.717) is 22.5 Å². The van der Waals surface area contributed by atoms with E-state index in [-0.39, 0.29) is 17.9 Å². The van der Waals surface area contributed by atoms with Crippen LogP contribution in [0.25, 0.3) is 10.9 Å². The molecule has 1 aromatic heterocycles. The number of carbonyl (C=O) groups is 1. The summed E-state index contributed by atoms with van der Waals surface area (Å²) >= 11 is 0. The Bertz CT molecular complexity index is 1030. The Hall–Kier alpha value is -3.26. The van der Waals surface area contributed by atoms with Crippen LogP contribution in [-0.2, 0) is 5.54 Å². The van der Waals surface area contributed by atoms with E-state index >= 15 is 0 Å². The Labute approximate surface area is 162 Å². The van der Waals surface area contributed by atoms with Crippen molar-refractivity contribution in [3.63, 3.8) is 0 Å². The summed E-state index contributed by atoms with van der Waals surface area (Å²) in [6, 6.07) is 9.46. The minimum absolute atomic E-state index is 0.239. The number of nitrogens with two attached hydrogens (primary N) is 2. The second kappa shape index (κ2) is 7.40. The van der Waals surface area contributed by atoms with Gasteiger partial charge < -0.3 is 21.1 Å². The molecule has 0 fully saturated rings. The van der Waals surface area contributed by atoms with Crippen LogP contribution in [0.5, 0.6) is 5.75 Å². The standard InChI is InChI=1S/C20H22FN5O2/c1-20(10-22,12-4-6-13(21)7-5-12)26(2)19-16-9-14(28-3)8-15(18(23)27)17(16)24-11-25-19/h4-9,11H,10,22H2,1-3H3,(H2,23,27). The minimum Gasteiger partial charge on any atom is -0.497 e. The van der Waals surface area contributed by atoms with Crippen molar-refractivity contribution in [3.8, 4) is 5.75 Å². The van der Waals surface area contributed by atoms with Gasteiger partial charge >= 0.3 is 0 Å². The van der Waals surface area contributed by atoms with E-state index < -0.39 is 11.4 Å². The zero-order valence-electron chi connectivity index (χ0n) is 15.9. The molecule has 8 heteroatoms. The quantitative estimate of drug-likeness (QED) is 0.676. The number of methoxy groups -OCH3 is 1. The highest BCUT2D eigenvalue weighted by atomic mass is 19.1. The van der Waals surface area contributed by atoms with E-state index in [9.17, 15) is 9.18 Å². The third kappa shape index (κ3) is 3.22. The highest BCUT2D eigenvalue weighted by molar-refractivity contribution is 6.07. The second-order valence-corrected chi connectivity index (χ2v) is 6.68. The maximum absolute atomic E-state index is 13.4. The Morgan fingerprint density at radius 3 is 2.50 bits per heavy atom. The van der Waals surface area contributed by atoms with E-state index in [2.05, 4.69) is 9.97 Å². The number of carbonyl (C=O) groups excluding carboxylic acids is 1. The van der Waals surface area contributed by atoms with Gasteiger partial charge in [-0.15, -0.1) is 0 Å². The van der Waals surface area contributed by atoms with E-state index in [1.54, 1.807) is 24.3 Å². The Balaban J connectivity index is 2.22. The minimum atomic E-state index is -0.690. The third-order valence-corrected chi connectivity index (χ3v) is 5.11. The van der Waals surface area contributed by atoms with Gasteiger partial charge in [0.2, 0.25) is 0 Å². The van der Waals surface area contributed by atoms with Crippen LogP contribution >= 0.6 is 0 Å². The Kier molecular flexibility index (Phi) is 5.15. The molecule has 0 aliphatic heterocycles. The molecule has 0 saturated carbocycles. The normalized spacial score (nSPS) is 13.2. The van der Waals surface area contributed by atoms with Crippen LogP contribution in [0.2, 0.25) is 0 Å². The number of benzene rings is 2. The first-order valence-electron chi connectivity index (χ1n) is 8.64. The van der Waals surface area contributed by atoms with Crippen molar-refractivity contribution >= 4 is 22.6 Å². The van der Waals surface area contributed by atoms with Gasteiger partial charge in [0.1, 0.15) is 23.7 Å². The van der Waals surface area contributed by atoms with Gasteiger partial charge in [0.05, 0.1) is 23.7 Å². The molecule has 146 valence electrons. The smallest absolute Gasteiger partial charge is 0.251 e. The van der Waals surface area contributed by atoms with Crippen LogP contribution in [0.4, 0.5) is 10.2 Å². The number of hydrogen-bond donors (Lipinski definition) is 2. The van der Waals surface area contributed by atoms with Gasteiger partial charge in [-0.05, 0) is 36.8 Å². The molecule has 28 heavy (non-hydrogen) atoms. The Morgan fingerprint density at radius 1 is 1.25 bits per heavy atom. The fourth-order valence-corrected chi connectivity index (χ4v) is 3.19. The summed E-state index contributed by atoms with van der Waals surface area (Å²) in [7, 11) is 3.34. The maximum atomic E-state index is 13.4. The van der Waals surface area contributed by atoms with Crippen LogP contribution in [0.15, 0.2) is 42.7 Å². The first-order valence-corrected chi connectivity index (χ1v) is 8.64. The first-order chi connectivity index (χ1) is 13.3. The topological polar surface area (TPSA) is 107 Å². The molecule has 1 heterocycles. The van der Waals surface area contributed by atoms with Gasteiger partial charge in [-0.2, -0.15) is 0 Å². The number of fused-ring (bicyclic) bond motifs is 1. The molecule has 0 spiro atoms. The van der Waals surface area contributed by atoms with Gasteiger partial charge in [0, 0.05) is 19.0 Å². The number of amides is 1. The van der Waals surface area contributed by atoms with E-state index in [1.165, 1.54) is 25.6 Å². The molecular weight excluding hydrogens is 361 g/mol. The number of likely N-dealkylation sites (N-methyl/N-ethyl adjacent to an activating group) is 1. The Morgan fingerprint density at radius 2 is 1.93 bits per heavy atom. The molecule has 3 rings (SSSR count).